The maximum atomic E-state index is 12.7. The van der Waals surface area contributed by atoms with E-state index in [0.29, 0.717) is 5.69 Å². The molecule has 2 fully saturated rings. The molecular weight excluding hydrogens is 360 g/mol. The summed E-state index contributed by atoms with van der Waals surface area (Å²) < 4.78 is 5.19. The molecule has 1 aliphatic heterocycles. The molecule has 3 amide bonds. The fourth-order valence-corrected chi connectivity index (χ4v) is 4.50. The minimum absolute atomic E-state index is 0.103. The number of hydrogen-bond donors (Lipinski definition) is 1. The molecule has 7 nitrogen and oxygen atoms in total. The van der Waals surface area contributed by atoms with Gasteiger partial charge in [-0.2, -0.15) is 0 Å². The standard InChI is InChI=1S/C21H22N2O5/c1-11(2)28-21(27)14-5-3-4-6-15(14)22-16(24)10-23-19(25)17-12-7-8-13(9-12)18(17)20(23)26/h3-8,11-13,17-18H,9-10H2,1-2H3,(H,22,24)/t12-,13-,17-,18-/m0/s1. The molecule has 0 unspecified atom stereocenters. The molecule has 1 saturated carbocycles. The number of hydrogen-bond acceptors (Lipinski definition) is 5. The molecule has 3 aliphatic rings. The van der Waals surface area contributed by atoms with Crippen molar-refractivity contribution in [2.45, 2.75) is 26.4 Å². The van der Waals surface area contributed by atoms with Crippen molar-refractivity contribution in [2.24, 2.45) is 23.7 Å². The Morgan fingerprint density at radius 2 is 1.71 bits per heavy atom. The van der Waals surface area contributed by atoms with E-state index in [1.807, 2.05) is 12.2 Å². The molecule has 0 spiro atoms. The van der Waals surface area contributed by atoms with Crippen LogP contribution in [0.15, 0.2) is 36.4 Å². The number of esters is 1. The summed E-state index contributed by atoms with van der Waals surface area (Å²) in [6.45, 7) is 3.13. The molecule has 2 bridgehead atoms. The van der Waals surface area contributed by atoms with Gasteiger partial charge in [-0.15, -0.1) is 0 Å². The van der Waals surface area contributed by atoms with Crippen LogP contribution >= 0.6 is 0 Å². The van der Waals surface area contributed by atoms with Gasteiger partial charge in [-0.05, 0) is 44.2 Å². The lowest BCUT2D eigenvalue weighted by atomic mass is 9.85. The third kappa shape index (κ3) is 3.00. The van der Waals surface area contributed by atoms with E-state index in [-0.39, 0.29) is 53.7 Å². The van der Waals surface area contributed by atoms with Crippen molar-refractivity contribution in [3.05, 3.63) is 42.0 Å². The maximum Gasteiger partial charge on any atom is 0.340 e. The predicted octanol–water partition coefficient (Wildman–Crippen LogP) is 2.00. The Labute approximate surface area is 162 Å². The number of benzene rings is 1. The summed E-state index contributed by atoms with van der Waals surface area (Å²) in [5.74, 6) is -2.06. The number of para-hydroxylation sites is 1. The first-order chi connectivity index (χ1) is 13.4. The number of rotatable bonds is 5. The van der Waals surface area contributed by atoms with Gasteiger partial charge in [0.2, 0.25) is 17.7 Å². The number of carbonyl (C=O) groups is 4. The van der Waals surface area contributed by atoms with E-state index in [1.54, 1.807) is 38.1 Å². The fraction of sp³-hybridized carbons (Fsp3) is 0.429. The van der Waals surface area contributed by atoms with Gasteiger partial charge in [0.05, 0.1) is 29.2 Å². The molecular formula is C21H22N2O5. The van der Waals surface area contributed by atoms with E-state index in [2.05, 4.69) is 5.32 Å². The van der Waals surface area contributed by atoms with Crippen LogP contribution in [0.2, 0.25) is 0 Å². The molecule has 146 valence electrons. The van der Waals surface area contributed by atoms with Crippen molar-refractivity contribution < 1.29 is 23.9 Å². The van der Waals surface area contributed by atoms with E-state index in [4.69, 9.17) is 4.74 Å². The van der Waals surface area contributed by atoms with Crippen LogP contribution in [0.5, 0.6) is 0 Å². The Balaban J connectivity index is 1.45. The first-order valence-electron chi connectivity index (χ1n) is 9.50. The number of nitrogens with zero attached hydrogens (tertiary/aromatic N) is 1. The van der Waals surface area contributed by atoms with E-state index >= 15 is 0 Å². The summed E-state index contributed by atoms with van der Waals surface area (Å²) in [4.78, 5) is 51.2. The maximum absolute atomic E-state index is 12.7. The average Bonchev–Trinajstić information content (AvgIpc) is 3.31. The molecule has 1 heterocycles. The highest BCUT2D eigenvalue weighted by molar-refractivity contribution is 6.10. The Kier molecular flexibility index (Phi) is 4.53. The predicted molar refractivity (Wildman–Crippen MR) is 100 cm³/mol. The van der Waals surface area contributed by atoms with Crippen LogP contribution in [0, 0.1) is 23.7 Å². The fourth-order valence-electron chi connectivity index (χ4n) is 4.50. The zero-order valence-electron chi connectivity index (χ0n) is 15.8. The monoisotopic (exact) mass is 382 g/mol. The lowest BCUT2D eigenvalue weighted by Gasteiger charge is -2.17. The van der Waals surface area contributed by atoms with Crippen LogP contribution in [-0.2, 0) is 19.1 Å². The van der Waals surface area contributed by atoms with Crippen LogP contribution < -0.4 is 5.32 Å². The smallest absolute Gasteiger partial charge is 0.340 e. The van der Waals surface area contributed by atoms with Crippen molar-refractivity contribution in [3.63, 3.8) is 0 Å². The number of imide groups is 1. The highest BCUT2D eigenvalue weighted by Gasteiger charge is 2.59. The summed E-state index contributed by atoms with van der Waals surface area (Å²) in [6.07, 6.45) is 4.58. The Morgan fingerprint density at radius 1 is 1.11 bits per heavy atom. The van der Waals surface area contributed by atoms with Crippen molar-refractivity contribution >= 4 is 29.4 Å². The van der Waals surface area contributed by atoms with E-state index in [0.717, 1.165) is 11.3 Å². The molecule has 2 aliphatic carbocycles. The summed E-state index contributed by atoms with van der Waals surface area (Å²) in [5, 5.41) is 2.63. The molecule has 1 aromatic rings. The third-order valence-electron chi connectivity index (χ3n) is 5.63. The van der Waals surface area contributed by atoms with Crippen LogP contribution in [0.4, 0.5) is 5.69 Å². The quantitative estimate of drug-likeness (QED) is 0.478. The van der Waals surface area contributed by atoms with Crippen LogP contribution in [0.25, 0.3) is 0 Å². The lowest BCUT2D eigenvalue weighted by molar-refractivity contribution is -0.143. The molecule has 0 aromatic heterocycles. The number of likely N-dealkylation sites (tertiary alicyclic amines) is 1. The Morgan fingerprint density at radius 3 is 2.32 bits per heavy atom. The van der Waals surface area contributed by atoms with Gasteiger partial charge in [-0.25, -0.2) is 4.79 Å². The Bertz CT molecular complexity index is 861. The zero-order valence-corrected chi connectivity index (χ0v) is 15.8. The molecule has 0 radical (unpaired) electrons. The summed E-state index contributed by atoms with van der Waals surface area (Å²) in [6, 6.07) is 6.49. The molecule has 1 N–H and O–H groups in total. The first kappa shape index (κ1) is 18.4. The van der Waals surface area contributed by atoms with Crippen molar-refractivity contribution in [1.82, 2.24) is 4.90 Å². The number of carbonyl (C=O) groups excluding carboxylic acids is 4. The van der Waals surface area contributed by atoms with Crippen molar-refractivity contribution in [3.8, 4) is 0 Å². The van der Waals surface area contributed by atoms with Gasteiger partial charge in [0, 0.05) is 0 Å². The third-order valence-corrected chi connectivity index (χ3v) is 5.63. The summed E-state index contributed by atoms with van der Waals surface area (Å²) in [5.41, 5.74) is 0.516. The average molecular weight is 382 g/mol. The molecule has 1 aromatic carbocycles. The number of fused-ring (bicyclic) bond motifs is 5. The van der Waals surface area contributed by atoms with Crippen LogP contribution in [0.1, 0.15) is 30.6 Å². The minimum atomic E-state index is -0.545. The van der Waals surface area contributed by atoms with E-state index in [9.17, 15) is 19.2 Å². The van der Waals surface area contributed by atoms with Gasteiger partial charge in [0.15, 0.2) is 0 Å². The first-order valence-corrected chi connectivity index (χ1v) is 9.50. The second-order valence-corrected chi connectivity index (χ2v) is 7.81. The van der Waals surface area contributed by atoms with Gasteiger partial charge >= 0.3 is 5.97 Å². The molecule has 7 heteroatoms. The van der Waals surface area contributed by atoms with Gasteiger partial charge in [-0.3, -0.25) is 19.3 Å². The number of ether oxygens (including phenoxy) is 1. The topological polar surface area (TPSA) is 92.8 Å². The number of anilines is 1. The van der Waals surface area contributed by atoms with Crippen molar-refractivity contribution in [2.75, 3.05) is 11.9 Å². The molecule has 4 atom stereocenters. The minimum Gasteiger partial charge on any atom is -0.459 e. The highest BCUT2D eigenvalue weighted by atomic mass is 16.5. The normalized spacial score (nSPS) is 27.5. The molecule has 1 saturated heterocycles. The highest BCUT2D eigenvalue weighted by Crippen LogP contribution is 2.52. The second-order valence-electron chi connectivity index (χ2n) is 7.81. The summed E-state index contributed by atoms with van der Waals surface area (Å²) >= 11 is 0. The molecule has 4 rings (SSSR count). The Hall–Kier alpha value is -2.96. The lowest BCUT2D eigenvalue weighted by Crippen LogP contribution is -2.39. The van der Waals surface area contributed by atoms with Gasteiger partial charge in [-0.1, -0.05) is 24.3 Å². The van der Waals surface area contributed by atoms with Gasteiger partial charge < -0.3 is 10.1 Å². The van der Waals surface area contributed by atoms with E-state index < -0.39 is 11.9 Å². The van der Waals surface area contributed by atoms with E-state index in [1.165, 1.54) is 0 Å². The number of nitrogens with one attached hydrogen (secondary N) is 1. The van der Waals surface area contributed by atoms with Gasteiger partial charge in [0.1, 0.15) is 6.54 Å². The number of allylic oxidation sites excluding steroid dienone is 2. The SMILES string of the molecule is CC(C)OC(=O)c1ccccc1NC(=O)CN1C(=O)[C@@H]2[C@@H](C1=O)[C@H]1C=C[C@H]2C1. The molecule has 28 heavy (non-hydrogen) atoms. The van der Waals surface area contributed by atoms with Gasteiger partial charge in [0.25, 0.3) is 0 Å². The van der Waals surface area contributed by atoms with Crippen molar-refractivity contribution in [1.29, 1.82) is 0 Å². The zero-order chi connectivity index (χ0) is 20.0. The largest absolute Gasteiger partial charge is 0.459 e. The summed E-state index contributed by atoms with van der Waals surface area (Å²) in [7, 11) is 0. The number of amides is 3. The van der Waals surface area contributed by atoms with Crippen LogP contribution in [-0.4, -0.2) is 41.2 Å². The van der Waals surface area contributed by atoms with Crippen LogP contribution in [0.3, 0.4) is 0 Å². The second kappa shape index (κ2) is 6.89.